The van der Waals surface area contributed by atoms with E-state index in [0.717, 1.165) is 43.5 Å². The molecule has 0 aromatic heterocycles. The highest BCUT2D eigenvalue weighted by Gasteiger charge is 2.37. The minimum atomic E-state index is -1.14. The number of urea groups is 1. The molecule has 0 radical (unpaired) electrons. The second-order valence-corrected chi connectivity index (χ2v) is 9.28. The Morgan fingerprint density at radius 2 is 1.76 bits per heavy atom. The molecule has 5 nitrogen and oxygen atoms in total. The average molecular weight is 458 g/mol. The number of carbonyl (C=O) groups excluding carboxylic acids is 1. The van der Waals surface area contributed by atoms with Crippen molar-refractivity contribution < 1.29 is 18.3 Å². The second kappa shape index (κ2) is 11.1. The van der Waals surface area contributed by atoms with Gasteiger partial charge in [-0.2, -0.15) is 0 Å². The van der Waals surface area contributed by atoms with Gasteiger partial charge in [-0.15, -0.1) is 0 Å². The summed E-state index contributed by atoms with van der Waals surface area (Å²) in [6, 6.07) is 13.1. The fraction of sp³-hybridized carbons (Fsp3) is 0.500. The molecule has 2 N–H and O–H groups in total. The SMILES string of the molecule is Cc1ccc(NC(=O)NC2C(F)CCOC2CN2CCC(Cc3ccc(F)cc3)CC2)cc1. The van der Waals surface area contributed by atoms with Crippen LogP contribution in [-0.4, -0.2) is 55.5 Å². The van der Waals surface area contributed by atoms with E-state index in [9.17, 15) is 13.6 Å². The first-order chi connectivity index (χ1) is 16.0. The molecule has 0 aliphatic carbocycles. The van der Waals surface area contributed by atoms with E-state index >= 15 is 0 Å². The van der Waals surface area contributed by atoms with Crippen LogP contribution in [0.25, 0.3) is 0 Å². The van der Waals surface area contributed by atoms with E-state index in [4.69, 9.17) is 4.74 Å². The van der Waals surface area contributed by atoms with Crippen molar-refractivity contribution in [2.24, 2.45) is 5.92 Å². The third-order valence-corrected chi connectivity index (χ3v) is 6.71. The number of alkyl halides is 1. The van der Waals surface area contributed by atoms with Crippen LogP contribution in [0.4, 0.5) is 19.3 Å². The fourth-order valence-corrected chi connectivity index (χ4v) is 4.73. The van der Waals surface area contributed by atoms with E-state index in [1.165, 1.54) is 12.1 Å². The number of rotatable bonds is 6. The number of hydrogen-bond acceptors (Lipinski definition) is 3. The van der Waals surface area contributed by atoms with Crippen molar-refractivity contribution in [1.29, 1.82) is 0 Å². The maximum Gasteiger partial charge on any atom is 0.319 e. The van der Waals surface area contributed by atoms with Gasteiger partial charge in [-0.1, -0.05) is 29.8 Å². The number of carbonyl (C=O) groups is 1. The number of likely N-dealkylation sites (tertiary alicyclic amines) is 1. The number of ether oxygens (including phenoxy) is 1. The normalized spacial score (nSPS) is 24.4. The molecule has 178 valence electrons. The molecule has 3 unspecified atom stereocenters. The van der Waals surface area contributed by atoms with E-state index < -0.39 is 18.2 Å². The highest BCUT2D eigenvalue weighted by Crippen LogP contribution is 2.25. The van der Waals surface area contributed by atoms with Gasteiger partial charge < -0.3 is 20.3 Å². The molecule has 0 spiro atoms. The molecule has 3 atom stereocenters. The Morgan fingerprint density at radius 1 is 1.06 bits per heavy atom. The quantitative estimate of drug-likeness (QED) is 0.661. The van der Waals surface area contributed by atoms with Crippen LogP contribution in [0.5, 0.6) is 0 Å². The number of piperidine rings is 1. The van der Waals surface area contributed by atoms with Gasteiger partial charge in [0.25, 0.3) is 0 Å². The van der Waals surface area contributed by atoms with Crippen LogP contribution >= 0.6 is 0 Å². The minimum absolute atomic E-state index is 0.206. The summed E-state index contributed by atoms with van der Waals surface area (Å²) >= 11 is 0. The van der Waals surface area contributed by atoms with Crippen molar-refractivity contribution in [3.05, 3.63) is 65.5 Å². The van der Waals surface area contributed by atoms with Crippen LogP contribution in [-0.2, 0) is 11.2 Å². The zero-order valence-corrected chi connectivity index (χ0v) is 19.1. The first-order valence-corrected chi connectivity index (χ1v) is 11.8. The predicted octanol–water partition coefficient (Wildman–Crippen LogP) is 4.71. The van der Waals surface area contributed by atoms with Crippen LogP contribution in [0.1, 0.15) is 30.4 Å². The summed E-state index contributed by atoms with van der Waals surface area (Å²) in [4.78, 5) is 14.8. The van der Waals surface area contributed by atoms with E-state index in [1.807, 2.05) is 43.3 Å². The summed E-state index contributed by atoms with van der Waals surface area (Å²) in [5.41, 5.74) is 2.94. The molecule has 2 saturated heterocycles. The first-order valence-electron chi connectivity index (χ1n) is 11.8. The van der Waals surface area contributed by atoms with E-state index in [2.05, 4.69) is 15.5 Å². The number of benzene rings is 2. The van der Waals surface area contributed by atoms with Crippen molar-refractivity contribution >= 4 is 11.7 Å². The number of aryl methyl sites for hydroxylation is 1. The lowest BCUT2D eigenvalue weighted by Crippen LogP contribution is -2.58. The summed E-state index contributed by atoms with van der Waals surface area (Å²) in [5, 5.41) is 5.59. The van der Waals surface area contributed by atoms with Gasteiger partial charge in [-0.05, 0) is 75.0 Å². The third kappa shape index (κ3) is 6.74. The van der Waals surface area contributed by atoms with Gasteiger partial charge in [0.05, 0.1) is 12.1 Å². The van der Waals surface area contributed by atoms with Crippen molar-refractivity contribution in [2.75, 3.05) is 31.6 Å². The van der Waals surface area contributed by atoms with Crippen molar-refractivity contribution in [3.63, 3.8) is 0 Å². The van der Waals surface area contributed by atoms with Crippen LogP contribution in [0.15, 0.2) is 48.5 Å². The molecule has 2 aromatic carbocycles. The summed E-state index contributed by atoms with van der Waals surface area (Å²) < 4.78 is 33.8. The summed E-state index contributed by atoms with van der Waals surface area (Å²) in [6.45, 7) is 4.76. The maximum atomic E-state index is 14.8. The van der Waals surface area contributed by atoms with Gasteiger partial charge >= 0.3 is 6.03 Å². The Hall–Kier alpha value is -2.51. The number of hydrogen-bond donors (Lipinski definition) is 2. The molecule has 7 heteroatoms. The smallest absolute Gasteiger partial charge is 0.319 e. The van der Waals surface area contributed by atoms with Crippen molar-refractivity contribution in [2.45, 2.75) is 50.9 Å². The Labute approximate surface area is 194 Å². The molecular weight excluding hydrogens is 424 g/mol. The zero-order valence-electron chi connectivity index (χ0n) is 19.1. The highest BCUT2D eigenvalue weighted by atomic mass is 19.1. The maximum absolute atomic E-state index is 14.8. The molecule has 2 aliphatic heterocycles. The number of anilines is 1. The highest BCUT2D eigenvalue weighted by molar-refractivity contribution is 5.89. The number of nitrogens with one attached hydrogen (secondary N) is 2. The summed E-state index contributed by atoms with van der Waals surface area (Å²) in [5.74, 6) is 0.352. The van der Waals surface area contributed by atoms with Gasteiger partial charge in [-0.25, -0.2) is 13.6 Å². The Balaban J connectivity index is 1.27. The molecule has 0 saturated carbocycles. The van der Waals surface area contributed by atoms with Crippen LogP contribution < -0.4 is 10.6 Å². The monoisotopic (exact) mass is 457 g/mol. The van der Waals surface area contributed by atoms with Crippen molar-refractivity contribution in [3.8, 4) is 0 Å². The molecule has 0 bridgehead atoms. The van der Waals surface area contributed by atoms with Gasteiger partial charge in [0, 0.05) is 25.3 Å². The van der Waals surface area contributed by atoms with Crippen molar-refractivity contribution in [1.82, 2.24) is 10.2 Å². The third-order valence-electron chi connectivity index (χ3n) is 6.71. The largest absolute Gasteiger partial charge is 0.375 e. The molecule has 2 aromatic rings. The van der Waals surface area contributed by atoms with E-state index in [0.29, 0.717) is 24.8 Å². The first kappa shape index (κ1) is 23.6. The van der Waals surface area contributed by atoms with Gasteiger partial charge in [0.15, 0.2) is 0 Å². The lowest BCUT2D eigenvalue weighted by molar-refractivity contribution is -0.0590. The topological polar surface area (TPSA) is 53.6 Å². The lowest BCUT2D eigenvalue weighted by atomic mass is 9.89. The van der Waals surface area contributed by atoms with Crippen LogP contribution in [0.3, 0.4) is 0 Å². The standard InChI is InChI=1S/C26H33F2N3O2/c1-18-2-8-22(9-3-18)29-26(32)30-25-23(28)12-15-33-24(25)17-31-13-10-20(11-14-31)16-19-4-6-21(27)7-5-19/h2-9,20,23-25H,10-17H2,1H3,(H2,29,30,32). The molecule has 2 heterocycles. The molecular formula is C26H33F2N3O2. The van der Waals surface area contributed by atoms with Gasteiger partial charge in [0.2, 0.25) is 0 Å². The molecule has 2 amide bonds. The molecule has 2 aliphatic rings. The number of halogens is 2. The zero-order chi connectivity index (χ0) is 23.2. The Bertz CT molecular complexity index is 899. The van der Waals surface area contributed by atoms with Gasteiger partial charge in [0.1, 0.15) is 12.0 Å². The van der Waals surface area contributed by atoms with E-state index in [-0.39, 0.29) is 18.3 Å². The fourth-order valence-electron chi connectivity index (χ4n) is 4.73. The average Bonchev–Trinajstić information content (AvgIpc) is 2.80. The number of amides is 2. The van der Waals surface area contributed by atoms with E-state index in [1.54, 1.807) is 0 Å². The molecule has 33 heavy (non-hydrogen) atoms. The predicted molar refractivity (Wildman–Crippen MR) is 126 cm³/mol. The Morgan fingerprint density at radius 3 is 2.45 bits per heavy atom. The molecule has 4 rings (SSSR count). The van der Waals surface area contributed by atoms with Crippen LogP contribution in [0.2, 0.25) is 0 Å². The minimum Gasteiger partial charge on any atom is -0.375 e. The summed E-state index contributed by atoms with van der Waals surface area (Å²) in [6.07, 6.45) is 1.79. The lowest BCUT2D eigenvalue weighted by Gasteiger charge is -2.39. The summed E-state index contributed by atoms with van der Waals surface area (Å²) in [7, 11) is 0. The number of nitrogens with zero attached hydrogens (tertiary/aromatic N) is 1. The van der Waals surface area contributed by atoms with Gasteiger partial charge in [-0.3, -0.25) is 0 Å². The van der Waals surface area contributed by atoms with Crippen LogP contribution in [0, 0.1) is 18.7 Å². The molecule has 2 fully saturated rings. The Kier molecular flexibility index (Phi) is 7.93. The second-order valence-electron chi connectivity index (χ2n) is 9.28.